The first-order valence-electron chi connectivity index (χ1n) is 9.21. The van der Waals surface area contributed by atoms with Gasteiger partial charge in [0.05, 0.1) is 16.3 Å². The molecule has 0 spiro atoms. The van der Waals surface area contributed by atoms with Crippen molar-refractivity contribution in [2.24, 2.45) is 0 Å². The number of pyridine rings is 1. The number of aromatic nitrogens is 3. The van der Waals surface area contributed by atoms with E-state index in [0.717, 1.165) is 23.5 Å². The Hall–Kier alpha value is -2.33. The number of carbonyl (C=O) groups excluding carboxylic acids is 1. The van der Waals surface area contributed by atoms with Crippen LogP contribution in [0.1, 0.15) is 48.4 Å². The third kappa shape index (κ3) is 3.55. The number of rotatable bonds is 2. The minimum atomic E-state index is -4.49. The molecule has 2 aromatic rings. The van der Waals surface area contributed by atoms with Crippen LogP contribution in [-0.2, 0) is 11.0 Å². The van der Waals surface area contributed by atoms with Gasteiger partial charge in [-0.1, -0.05) is 18.5 Å². The van der Waals surface area contributed by atoms with Gasteiger partial charge < -0.3 is 15.3 Å². The zero-order valence-corrected chi connectivity index (χ0v) is 16.2. The Kier molecular flexibility index (Phi) is 4.94. The van der Waals surface area contributed by atoms with Gasteiger partial charge in [0.15, 0.2) is 0 Å². The third-order valence-electron chi connectivity index (χ3n) is 5.61. The summed E-state index contributed by atoms with van der Waals surface area (Å²) in [6.45, 7) is 2.88. The number of alkyl halides is 3. The fourth-order valence-electron chi connectivity index (χ4n) is 4.00. The van der Waals surface area contributed by atoms with Gasteiger partial charge in [0.25, 0.3) is 5.91 Å². The normalized spacial score (nSPS) is 23.1. The molecular formula is C18H19ClF3N5O2. The highest BCUT2D eigenvalue weighted by molar-refractivity contribution is 6.33. The molecule has 4 heterocycles. The number of aliphatic hydroxyl groups is 1. The van der Waals surface area contributed by atoms with Crippen LogP contribution in [0.5, 0.6) is 0 Å². The maximum Gasteiger partial charge on any atom is 0.417 e. The van der Waals surface area contributed by atoms with Crippen LogP contribution in [0.4, 0.5) is 24.8 Å². The molecule has 2 aliphatic rings. The number of aliphatic hydroxyl groups excluding tert-OH is 1. The molecule has 0 saturated carbocycles. The Morgan fingerprint density at radius 2 is 2.00 bits per heavy atom. The molecule has 0 aliphatic carbocycles. The number of halogens is 4. The lowest BCUT2D eigenvalue weighted by Crippen LogP contribution is -2.38. The largest absolute Gasteiger partial charge is 0.417 e. The van der Waals surface area contributed by atoms with E-state index in [1.54, 1.807) is 6.92 Å². The van der Waals surface area contributed by atoms with Crippen molar-refractivity contribution in [3.63, 3.8) is 0 Å². The first-order valence-corrected chi connectivity index (χ1v) is 9.59. The van der Waals surface area contributed by atoms with Gasteiger partial charge in [-0.2, -0.15) is 18.3 Å². The number of H-pyrrole nitrogens is 1. The molecule has 156 valence electrons. The zero-order valence-electron chi connectivity index (χ0n) is 15.4. The maximum absolute atomic E-state index is 12.8. The van der Waals surface area contributed by atoms with Crippen molar-refractivity contribution in [2.75, 3.05) is 23.3 Å². The summed E-state index contributed by atoms with van der Waals surface area (Å²) in [5.41, 5.74) is 0.734. The number of piperidine rings is 1. The van der Waals surface area contributed by atoms with E-state index in [2.05, 4.69) is 20.5 Å². The van der Waals surface area contributed by atoms with E-state index in [4.69, 9.17) is 11.6 Å². The van der Waals surface area contributed by atoms with Crippen LogP contribution in [0.15, 0.2) is 12.3 Å². The van der Waals surface area contributed by atoms with Gasteiger partial charge in [-0.15, -0.1) is 0 Å². The van der Waals surface area contributed by atoms with Gasteiger partial charge in [0, 0.05) is 36.7 Å². The molecule has 2 aromatic heterocycles. The number of hydrogen-bond donors (Lipinski definition) is 3. The highest BCUT2D eigenvalue weighted by Crippen LogP contribution is 2.41. The molecule has 3 N–H and O–H groups in total. The van der Waals surface area contributed by atoms with E-state index in [9.17, 15) is 23.1 Å². The number of fused-ring (bicyclic) bond motifs is 1. The number of anilines is 2. The van der Waals surface area contributed by atoms with E-state index in [0.29, 0.717) is 37.6 Å². The van der Waals surface area contributed by atoms with Crippen molar-refractivity contribution < 1.29 is 23.1 Å². The maximum atomic E-state index is 12.8. The summed E-state index contributed by atoms with van der Waals surface area (Å²) in [6, 6.07) is 0.895. The Balaban J connectivity index is 1.50. The number of hydrogen-bond acceptors (Lipinski definition) is 5. The fraction of sp³-hybridized carbons (Fsp3) is 0.500. The molecule has 7 nitrogen and oxygen atoms in total. The second-order valence-corrected chi connectivity index (χ2v) is 7.82. The highest BCUT2D eigenvalue weighted by Gasteiger charge is 2.38. The second kappa shape index (κ2) is 7.17. The first kappa shape index (κ1) is 20.0. The Labute approximate surface area is 169 Å². The van der Waals surface area contributed by atoms with Crippen LogP contribution in [0, 0.1) is 0 Å². The summed E-state index contributed by atoms with van der Waals surface area (Å²) in [7, 11) is 0. The molecular weight excluding hydrogens is 411 g/mol. The predicted molar refractivity (Wildman–Crippen MR) is 100 cm³/mol. The van der Waals surface area contributed by atoms with Crippen LogP contribution < -0.4 is 10.2 Å². The van der Waals surface area contributed by atoms with Gasteiger partial charge in [-0.25, -0.2) is 4.98 Å². The number of nitrogens with one attached hydrogen (secondary N) is 2. The van der Waals surface area contributed by atoms with Gasteiger partial charge in [0.1, 0.15) is 17.7 Å². The lowest BCUT2D eigenvalue weighted by Gasteiger charge is -2.34. The van der Waals surface area contributed by atoms with E-state index in [1.165, 1.54) is 0 Å². The summed E-state index contributed by atoms with van der Waals surface area (Å²) in [5, 5.41) is 19.8. The lowest BCUT2D eigenvalue weighted by molar-refractivity contribution is -0.137. The minimum absolute atomic E-state index is 0.0325. The Bertz CT molecular complexity index is 940. The number of nitrogens with zero attached hydrogens (tertiary/aromatic N) is 3. The van der Waals surface area contributed by atoms with Crippen LogP contribution in [0.2, 0.25) is 5.02 Å². The number of amides is 1. The zero-order chi connectivity index (χ0) is 20.9. The van der Waals surface area contributed by atoms with Crippen LogP contribution in [0.25, 0.3) is 0 Å². The van der Waals surface area contributed by atoms with Gasteiger partial charge in [-0.3, -0.25) is 9.89 Å². The average molecular weight is 430 g/mol. The molecule has 0 unspecified atom stereocenters. The van der Waals surface area contributed by atoms with Gasteiger partial charge >= 0.3 is 6.18 Å². The smallest absolute Gasteiger partial charge is 0.383 e. The predicted octanol–water partition coefficient (Wildman–Crippen LogP) is 3.28. The van der Waals surface area contributed by atoms with Crippen molar-refractivity contribution in [1.29, 1.82) is 0 Å². The van der Waals surface area contributed by atoms with E-state index in [1.807, 2.05) is 4.90 Å². The van der Waals surface area contributed by atoms with Crippen molar-refractivity contribution in [2.45, 2.75) is 43.9 Å². The Morgan fingerprint density at radius 1 is 1.31 bits per heavy atom. The second-order valence-electron chi connectivity index (χ2n) is 7.41. The van der Waals surface area contributed by atoms with Gasteiger partial charge in [0.2, 0.25) is 0 Å². The minimum Gasteiger partial charge on any atom is -0.383 e. The molecule has 4 rings (SSSR count). The summed E-state index contributed by atoms with van der Waals surface area (Å²) in [6.07, 6.45) is -3.45. The molecule has 0 aromatic carbocycles. The monoisotopic (exact) mass is 429 g/mol. The molecule has 2 atom stereocenters. The van der Waals surface area contributed by atoms with E-state index < -0.39 is 23.8 Å². The molecule has 0 bridgehead atoms. The van der Waals surface area contributed by atoms with Gasteiger partial charge in [-0.05, 0) is 18.9 Å². The standard InChI is InChI=1S/C18H19ClF3N5O2/c1-8-12-13(25-26-15(12)24-17(29)14(8)28)9-2-4-27(5-3-9)16-11(19)6-10(7-23-16)18(20,21)22/h6-9,14,28H,2-5H2,1H3,(H2,24,25,26,29)/t8-,14-/m0/s1. The molecule has 1 fully saturated rings. The summed E-state index contributed by atoms with van der Waals surface area (Å²) in [4.78, 5) is 17.6. The van der Waals surface area contributed by atoms with E-state index >= 15 is 0 Å². The number of carbonyl (C=O) groups is 1. The van der Waals surface area contributed by atoms with Crippen LogP contribution in [-0.4, -0.2) is 45.4 Å². The molecule has 11 heteroatoms. The molecule has 0 radical (unpaired) electrons. The van der Waals surface area contributed by atoms with Crippen molar-refractivity contribution in [3.05, 3.63) is 34.1 Å². The van der Waals surface area contributed by atoms with Crippen molar-refractivity contribution in [1.82, 2.24) is 15.2 Å². The average Bonchev–Trinajstić information content (AvgIpc) is 3.09. The first-order chi connectivity index (χ1) is 13.7. The summed E-state index contributed by atoms with van der Waals surface area (Å²) < 4.78 is 38.4. The Morgan fingerprint density at radius 3 is 2.62 bits per heavy atom. The third-order valence-corrected chi connectivity index (χ3v) is 5.89. The van der Waals surface area contributed by atoms with Crippen LogP contribution >= 0.6 is 11.6 Å². The molecule has 2 aliphatic heterocycles. The highest BCUT2D eigenvalue weighted by atomic mass is 35.5. The molecule has 29 heavy (non-hydrogen) atoms. The fourth-order valence-corrected chi connectivity index (χ4v) is 4.28. The number of aromatic amines is 1. The SMILES string of the molecule is C[C@H]1c2c(C3CCN(c4ncc(C(F)(F)F)cc4Cl)CC3)n[nH]c2NC(=O)[C@H]1O. The quantitative estimate of drug-likeness (QED) is 0.681. The van der Waals surface area contributed by atoms with Crippen LogP contribution in [0.3, 0.4) is 0 Å². The van der Waals surface area contributed by atoms with Crippen molar-refractivity contribution in [3.8, 4) is 0 Å². The summed E-state index contributed by atoms with van der Waals surface area (Å²) >= 11 is 6.06. The summed E-state index contributed by atoms with van der Waals surface area (Å²) in [5.74, 6) is 0.0922. The topological polar surface area (TPSA) is 94.1 Å². The van der Waals surface area contributed by atoms with E-state index in [-0.39, 0.29) is 16.9 Å². The molecule has 1 amide bonds. The molecule has 1 saturated heterocycles. The lowest BCUT2D eigenvalue weighted by atomic mass is 9.84. The van der Waals surface area contributed by atoms with Crippen molar-refractivity contribution >= 4 is 29.1 Å².